The van der Waals surface area contributed by atoms with Crippen molar-refractivity contribution in [1.82, 2.24) is 5.32 Å². The molecule has 0 fully saturated rings. The second kappa shape index (κ2) is 8.07. The molecule has 0 heterocycles. The van der Waals surface area contributed by atoms with E-state index in [1.807, 2.05) is 24.3 Å². The van der Waals surface area contributed by atoms with Crippen molar-refractivity contribution in [3.05, 3.63) is 29.8 Å². The number of primary amides is 1. The lowest BCUT2D eigenvalue weighted by Crippen LogP contribution is -2.11. The number of carbonyl (C=O) groups is 1. The maximum atomic E-state index is 8.58. The van der Waals surface area contributed by atoms with Crippen LogP contribution < -0.4 is 16.8 Å². The number of rotatable bonds is 3. The monoisotopic (exact) mass is 195 g/mol. The Morgan fingerprint density at radius 3 is 2.29 bits per heavy atom. The molecule has 78 valence electrons. The summed E-state index contributed by atoms with van der Waals surface area (Å²) in [5.41, 5.74) is 11.8. The lowest BCUT2D eigenvalue weighted by atomic mass is 10.2. The molecular weight excluding hydrogens is 178 g/mol. The van der Waals surface area contributed by atoms with Gasteiger partial charge in [0.15, 0.2) is 0 Å². The first-order valence-corrected chi connectivity index (χ1v) is 4.45. The van der Waals surface area contributed by atoms with Crippen LogP contribution in [0.1, 0.15) is 12.5 Å². The van der Waals surface area contributed by atoms with Crippen LogP contribution in [0.2, 0.25) is 0 Å². The molecule has 1 amide bonds. The zero-order chi connectivity index (χ0) is 10.8. The summed E-state index contributed by atoms with van der Waals surface area (Å²) in [4.78, 5) is 8.58. The molecule has 0 aliphatic carbocycles. The molecule has 0 aliphatic rings. The van der Waals surface area contributed by atoms with Crippen molar-refractivity contribution in [3.8, 4) is 0 Å². The predicted molar refractivity (Wildman–Crippen MR) is 58.5 cm³/mol. The lowest BCUT2D eigenvalue weighted by Gasteiger charge is -2.01. The number of amides is 1. The van der Waals surface area contributed by atoms with Crippen LogP contribution >= 0.6 is 0 Å². The fraction of sp³-hybridized carbons (Fsp3) is 0.300. The molecule has 0 saturated carbocycles. The molecule has 0 aliphatic heterocycles. The third-order valence-electron chi connectivity index (χ3n) is 1.56. The van der Waals surface area contributed by atoms with Gasteiger partial charge < -0.3 is 16.8 Å². The van der Waals surface area contributed by atoms with E-state index in [9.17, 15) is 0 Å². The quantitative estimate of drug-likeness (QED) is 0.484. The van der Waals surface area contributed by atoms with Crippen molar-refractivity contribution in [2.75, 3.05) is 12.3 Å². The average Bonchev–Trinajstić information content (AvgIpc) is 2.18. The molecule has 1 aromatic rings. The fourth-order valence-corrected chi connectivity index (χ4v) is 0.905. The Kier molecular flexibility index (Phi) is 7.17. The van der Waals surface area contributed by atoms with Gasteiger partial charge in [0.05, 0.1) is 0 Å². The van der Waals surface area contributed by atoms with Crippen LogP contribution in [0, 0.1) is 0 Å². The maximum Gasteiger partial charge on any atom is 0.204 e. The standard InChI is InChI=1S/C9H14N2.CH3NO/c1-2-11-7-8-3-5-9(10)6-4-8;2-1-3/h3-6,11H,2,7,10H2,1H3;1H,(H2,2,3). The highest BCUT2D eigenvalue weighted by Crippen LogP contribution is 2.04. The van der Waals surface area contributed by atoms with Crippen LogP contribution in [0.25, 0.3) is 0 Å². The van der Waals surface area contributed by atoms with Crippen molar-refractivity contribution < 1.29 is 4.79 Å². The second-order valence-corrected chi connectivity index (χ2v) is 2.66. The van der Waals surface area contributed by atoms with Gasteiger partial charge in [0.1, 0.15) is 0 Å². The maximum absolute atomic E-state index is 8.58. The lowest BCUT2D eigenvalue weighted by molar-refractivity contribution is -0.106. The summed E-state index contributed by atoms with van der Waals surface area (Å²) in [7, 11) is 0. The second-order valence-electron chi connectivity index (χ2n) is 2.66. The van der Waals surface area contributed by atoms with E-state index in [-0.39, 0.29) is 6.41 Å². The number of carbonyl (C=O) groups excluding carboxylic acids is 1. The summed E-state index contributed by atoms with van der Waals surface area (Å²) in [5.74, 6) is 0. The third-order valence-corrected chi connectivity index (χ3v) is 1.56. The van der Waals surface area contributed by atoms with E-state index >= 15 is 0 Å². The van der Waals surface area contributed by atoms with E-state index in [1.54, 1.807) is 0 Å². The highest BCUT2D eigenvalue weighted by atomic mass is 16.1. The molecular formula is C10H17N3O. The summed E-state index contributed by atoms with van der Waals surface area (Å²) in [5, 5.41) is 3.24. The Labute approximate surface area is 84.3 Å². The highest BCUT2D eigenvalue weighted by molar-refractivity contribution is 5.42. The van der Waals surface area contributed by atoms with E-state index in [4.69, 9.17) is 10.5 Å². The van der Waals surface area contributed by atoms with Gasteiger partial charge in [-0.05, 0) is 24.2 Å². The van der Waals surface area contributed by atoms with E-state index in [0.717, 1.165) is 18.8 Å². The summed E-state index contributed by atoms with van der Waals surface area (Å²) in [6.07, 6.45) is 0.250. The predicted octanol–water partition coefficient (Wildman–Crippen LogP) is 0.480. The molecule has 1 aromatic carbocycles. The molecule has 4 nitrogen and oxygen atoms in total. The minimum Gasteiger partial charge on any atom is -0.399 e. The Morgan fingerprint density at radius 2 is 1.86 bits per heavy atom. The number of benzene rings is 1. The van der Waals surface area contributed by atoms with Crippen LogP contribution in [0.5, 0.6) is 0 Å². The fourth-order valence-electron chi connectivity index (χ4n) is 0.905. The zero-order valence-electron chi connectivity index (χ0n) is 8.36. The van der Waals surface area contributed by atoms with Gasteiger partial charge >= 0.3 is 0 Å². The molecule has 0 aromatic heterocycles. The minimum absolute atomic E-state index is 0.250. The van der Waals surface area contributed by atoms with Gasteiger partial charge in [0.25, 0.3) is 0 Å². The molecule has 0 spiro atoms. The Hall–Kier alpha value is -1.55. The number of hydrogen-bond acceptors (Lipinski definition) is 3. The van der Waals surface area contributed by atoms with Crippen molar-refractivity contribution in [2.45, 2.75) is 13.5 Å². The van der Waals surface area contributed by atoms with Crippen LogP contribution in [-0.2, 0) is 11.3 Å². The SMILES string of the molecule is CCNCc1ccc(N)cc1.NC=O. The number of nitrogens with two attached hydrogens (primary N) is 2. The number of anilines is 1. The van der Waals surface area contributed by atoms with Crippen LogP contribution in [-0.4, -0.2) is 13.0 Å². The molecule has 0 bridgehead atoms. The molecule has 0 saturated heterocycles. The Balaban J connectivity index is 0.000000500. The summed E-state index contributed by atoms with van der Waals surface area (Å²) >= 11 is 0. The number of nitrogen functional groups attached to an aromatic ring is 1. The van der Waals surface area contributed by atoms with Crippen molar-refractivity contribution in [2.24, 2.45) is 5.73 Å². The van der Waals surface area contributed by atoms with Gasteiger partial charge in [-0.25, -0.2) is 0 Å². The first-order chi connectivity index (χ1) is 6.74. The van der Waals surface area contributed by atoms with Crippen molar-refractivity contribution in [1.29, 1.82) is 0 Å². The number of hydrogen-bond donors (Lipinski definition) is 3. The van der Waals surface area contributed by atoms with Crippen molar-refractivity contribution in [3.63, 3.8) is 0 Å². The molecule has 4 heteroatoms. The van der Waals surface area contributed by atoms with E-state index in [2.05, 4.69) is 18.0 Å². The molecule has 0 unspecified atom stereocenters. The van der Waals surface area contributed by atoms with E-state index in [0.29, 0.717) is 0 Å². The van der Waals surface area contributed by atoms with E-state index in [1.165, 1.54) is 5.56 Å². The average molecular weight is 195 g/mol. The normalized spacial score (nSPS) is 8.64. The highest BCUT2D eigenvalue weighted by Gasteiger charge is 1.89. The molecule has 0 atom stereocenters. The molecule has 1 rings (SSSR count). The molecule has 0 radical (unpaired) electrons. The van der Waals surface area contributed by atoms with Gasteiger partial charge in [0, 0.05) is 12.2 Å². The topological polar surface area (TPSA) is 81.1 Å². The van der Waals surface area contributed by atoms with Crippen molar-refractivity contribution >= 4 is 12.1 Å². The smallest absolute Gasteiger partial charge is 0.204 e. The first-order valence-electron chi connectivity index (χ1n) is 4.45. The van der Waals surface area contributed by atoms with Gasteiger partial charge in [-0.2, -0.15) is 0 Å². The van der Waals surface area contributed by atoms with E-state index < -0.39 is 0 Å². The first kappa shape index (κ1) is 12.4. The van der Waals surface area contributed by atoms with Gasteiger partial charge in [0.2, 0.25) is 6.41 Å². The third kappa shape index (κ3) is 6.02. The zero-order valence-corrected chi connectivity index (χ0v) is 8.36. The van der Waals surface area contributed by atoms with Gasteiger partial charge in [-0.1, -0.05) is 19.1 Å². The number of nitrogens with one attached hydrogen (secondary N) is 1. The van der Waals surface area contributed by atoms with Gasteiger partial charge in [-0.3, -0.25) is 4.79 Å². The minimum atomic E-state index is 0.250. The summed E-state index contributed by atoms with van der Waals surface area (Å²) in [6, 6.07) is 7.93. The Morgan fingerprint density at radius 1 is 1.36 bits per heavy atom. The molecule has 14 heavy (non-hydrogen) atoms. The van der Waals surface area contributed by atoms with Crippen LogP contribution in [0.3, 0.4) is 0 Å². The summed E-state index contributed by atoms with van der Waals surface area (Å²) < 4.78 is 0. The molecule has 5 N–H and O–H groups in total. The largest absolute Gasteiger partial charge is 0.399 e. The van der Waals surface area contributed by atoms with Crippen LogP contribution in [0.15, 0.2) is 24.3 Å². The van der Waals surface area contributed by atoms with Gasteiger partial charge in [-0.15, -0.1) is 0 Å². The summed E-state index contributed by atoms with van der Waals surface area (Å²) in [6.45, 7) is 4.03. The van der Waals surface area contributed by atoms with Crippen LogP contribution in [0.4, 0.5) is 5.69 Å². The Bertz CT molecular complexity index is 246.